The molecular formula is C12H18N4O2S2. The molecule has 2 N–H and O–H groups in total. The van der Waals surface area contributed by atoms with Gasteiger partial charge in [-0.05, 0) is 24.9 Å². The molecule has 8 heteroatoms. The van der Waals surface area contributed by atoms with Crippen LogP contribution < -0.4 is 10.0 Å². The highest BCUT2D eigenvalue weighted by atomic mass is 32.2. The first-order valence-electron chi connectivity index (χ1n) is 6.31. The minimum Gasteiger partial charge on any atom is -0.318 e. The molecule has 20 heavy (non-hydrogen) atoms. The molecule has 0 saturated carbocycles. The van der Waals surface area contributed by atoms with Crippen LogP contribution in [0.15, 0.2) is 34.8 Å². The van der Waals surface area contributed by atoms with Gasteiger partial charge in [-0.3, -0.25) is 4.68 Å². The first kappa shape index (κ1) is 15.2. The Kier molecular flexibility index (Phi) is 5.30. The first-order chi connectivity index (χ1) is 9.62. The molecule has 0 unspecified atom stereocenters. The maximum atomic E-state index is 12.1. The number of thiophene rings is 1. The second-order valence-corrected chi connectivity index (χ2v) is 7.07. The van der Waals surface area contributed by atoms with Gasteiger partial charge in [-0.2, -0.15) is 5.10 Å². The van der Waals surface area contributed by atoms with Gasteiger partial charge in [-0.1, -0.05) is 6.07 Å². The van der Waals surface area contributed by atoms with Crippen molar-refractivity contribution in [3.8, 4) is 0 Å². The monoisotopic (exact) mass is 314 g/mol. The second-order valence-electron chi connectivity index (χ2n) is 4.27. The van der Waals surface area contributed by atoms with Gasteiger partial charge in [0.15, 0.2) is 0 Å². The van der Waals surface area contributed by atoms with Crippen molar-refractivity contribution in [3.05, 3.63) is 34.8 Å². The van der Waals surface area contributed by atoms with E-state index in [0.29, 0.717) is 19.5 Å². The van der Waals surface area contributed by atoms with E-state index in [9.17, 15) is 8.42 Å². The van der Waals surface area contributed by atoms with Crippen LogP contribution >= 0.6 is 11.3 Å². The molecule has 0 aliphatic rings. The van der Waals surface area contributed by atoms with Crippen LogP contribution in [0.25, 0.3) is 0 Å². The summed E-state index contributed by atoms with van der Waals surface area (Å²) in [6.07, 6.45) is 3.62. The van der Waals surface area contributed by atoms with Gasteiger partial charge < -0.3 is 5.32 Å². The van der Waals surface area contributed by atoms with E-state index in [1.54, 1.807) is 22.2 Å². The number of sulfonamides is 1. The van der Waals surface area contributed by atoms with Crippen molar-refractivity contribution in [1.29, 1.82) is 0 Å². The molecule has 2 aromatic heterocycles. The van der Waals surface area contributed by atoms with E-state index in [4.69, 9.17) is 0 Å². The number of hydrogen-bond acceptors (Lipinski definition) is 5. The molecule has 0 spiro atoms. The zero-order chi connectivity index (χ0) is 14.4. The molecule has 0 aromatic carbocycles. The van der Waals surface area contributed by atoms with Gasteiger partial charge in [0.2, 0.25) is 10.0 Å². The average Bonchev–Trinajstić information content (AvgIpc) is 3.07. The van der Waals surface area contributed by atoms with Crippen molar-refractivity contribution in [2.24, 2.45) is 0 Å². The van der Waals surface area contributed by atoms with Gasteiger partial charge in [0.25, 0.3) is 0 Å². The van der Waals surface area contributed by atoms with Gasteiger partial charge in [0.1, 0.15) is 4.90 Å². The zero-order valence-electron chi connectivity index (χ0n) is 11.2. The summed E-state index contributed by atoms with van der Waals surface area (Å²) < 4.78 is 28.4. The van der Waals surface area contributed by atoms with Crippen LogP contribution in [0, 0.1) is 0 Å². The fourth-order valence-corrected chi connectivity index (χ4v) is 3.37. The molecule has 0 saturated heterocycles. The lowest BCUT2D eigenvalue weighted by Crippen LogP contribution is -2.25. The molecular weight excluding hydrogens is 296 g/mol. The van der Waals surface area contributed by atoms with Gasteiger partial charge >= 0.3 is 0 Å². The highest BCUT2D eigenvalue weighted by Gasteiger charge is 2.15. The SMILES string of the molecule is CNCCn1cc(S(=O)(=O)NCCc2cccs2)cn1. The Bertz CT molecular complexity index is 620. The van der Waals surface area contributed by atoms with Crippen LogP contribution in [0.1, 0.15) is 4.88 Å². The van der Waals surface area contributed by atoms with Crippen molar-refractivity contribution in [2.45, 2.75) is 17.9 Å². The van der Waals surface area contributed by atoms with Crippen LogP contribution in [0.5, 0.6) is 0 Å². The van der Waals surface area contributed by atoms with Crippen LogP contribution in [0.4, 0.5) is 0 Å². The number of likely N-dealkylation sites (N-methyl/N-ethyl adjacent to an activating group) is 1. The molecule has 2 heterocycles. The highest BCUT2D eigenvalue weighted by molar-refractivity contribution is 7.89. The van der Waals surface area contributed by atoms with Gasteiger partial charge in [-0.25, -0.2) is 13.1 Å². The summed E-state index contributed by atoms with van der Waals surface area (Å²) in [5.41, 5.74) is 0. The lowest BCUT2D eigenvalue weighted by atomic mass is 10.3. The van der Waals surface area contributed by atoms with Gasteiger partial charge in [0.05, 0.1) is 12.7 Å². The molecule has 0 aliphatic carbocycles. The van der Waals surface area contributed by atoms with Crippen LogP contribution in [-0.2, 0) is 23.0 Å². The quantitative estimate of drug-likeness (QED) is 0.751. The fourth-order valence-electron chi connectivity index (χ4n) is 1.68. The second kappa shape index (κ2) is 6.98. The minimum absolute atomic E-state index is 0.208. The Labute approximate surface area is 122 Å². The fraction of sp³-hybridized carbons (Fsp3) is 0.417. The van der Waals surface area contributed by atoms with E-state index in [-0.39, 0.29) is 4.90 Å². The summed E-state index contributed by atoms with van der Waals surface area (Å²) in [6, 6.07) is 3.95. The van der Waals surface area contributed by atoms with Crippen molar-refractivity contribution in [3.63, 3.8) is 0 Å². The maximum absolute atomic E-state index is 12.1. The molecule has 0 atom stereocenters. The van der Waals surface area contributed by atoms with Crippen LogP contribution in [0.3, 0.4) is 0 Å². The average molecular weight is 314 g/mol. The topological polar surface area (TPSA) is 76.0 Å². The Balaban J connectivity index is 1.90. The molecule has 2 aromatic rings. The van der Waals surface area contributed by atoms with Gasteiger partial charge in [-0.15, -0.1) is 11.3 Å². The third kappa shape index (κ3) is 4.14. The van der Waals surface area contributed by atoms with Gasteiger partial charge in [0, 0.05) is 24.2 Å². The van der Waals surface area contributed by atoms with Crippen molar-refractivity contribution < 1.29 is 8.42 Å². The lowest BCUT2D eigenvalue weighted by Gasteiger charge is -2.03. The summed E-state index contributed by atoms with van der Waals surface area (Å²) in [4.78, 5) is 1.37. The number of nitrogens with zero attached hydrogens (tertiary/aromatic N) is 2. The minimum atomic E-state index is -3.47. The summed E-state index contributed by atoms with van der Waals surface area (Å²) >= 11 is 1.62. The third-order valence-electron chi connectivity index (χ3n) is 2.75. The largest absolute Gasteiger partial charge is 0.318 e. The summed E-state index contributed by atoms with van der Waals surface area (Å²) in [7, 11) is -1.63. The summed E-state index contributed by atoms with van der Waals surface area (Å²) in [6.45, 7) is 1.78. The Morgan fingerprint density at radius 2 is 2.25 bits per heavy atom. The van der Waals surface area contributed by atoms with Crippen molar-refractivity contribution >= 4 is 21.4 Å². The molecule has 0 bridgehead atoms. The number of hydrogen-bond donors (Lipinski definition) is 2. The van der Waals surface area contributed by atoms with E-state index in [1.165, 1.54) is 6.20 Å². The Morgan fingerprint density at radius 1 is 1.40 bits per heavy atom. The standard InChI is InChI=1S/C12H18N4O2S2/c1-13-6-7-16-10-12(9-14-16)20(17,18)15-5-4-11-3-2-8-19-11/h2-3,8-10,13,15H,4-7H2,1H3. The van der Waals surface area contributed by atoms with Crippen molar-refractivity contribution in [2.75, 3.05) is 20.1 Å². The van der Waals surface area contributed by atoms with E-state index >= 15 is 0 Å². The Morgan fingerprint density at radius 3 is 2.95 bits per heavy atom. The van der Waals surface area contributed by atoms with E-state index in [0.717, 1.165) is 11.4 Å². The summed E-state index contributed by atoms with van der Waals surface area (Å²) in [5.74, 6) is 0. The van der Waals surface area contributed by atoms with Crippen LogP contribution in [0.2, 0.25) is 0 Å². The number of aromatic nitrogens is 2. The zero-order valence-corrected chi connectivity index (χ0v) is 12.9. The highest BCUT2D eigenvalue weighted by Crippen LogP contribution is 2.10. The Hall–Kier alpha value is -1.22. The molecule has 0 aliphatic heterocycles. The first-order valence-corrected chi connectivity index (χ1v) is 8.67. The number of rotatable bonds is 8. The predicted molar refractivity (Wildman–Crippen MR) is 79.4 cm³/mol. The number of nitrogens with one attached hydrogen (secondary N) is 2. The van der Waals surface area contributed by atoms with Crippen LogP contribution in [-0.4, -0.2) is 38.3 Å². The van der Waals surface area contributed by atoms with Crippen molar-refractivity contribution in [1.82, 2.24) is 19.8 Å². The molecule has 0 radical (unpaired) electrons. The van der Waals surface area contributed by atoms with E-state index in [1.807, 2.05) is 24.6 Å². The van der Waals surface area contributed by atoms with E-state index in [2.05, 4.69) is 15.1 Å². The smallest absolute Gasteiger partial charge is 0.243 e. The maximum Gasteiger partial charge on any atom is 0.243 e. The molecule has 0 amide bonds. The normalized spacial score (nSPS) is 11.8. The lowest BCUT2D eigenvalue weighted by molar-refractivity contribution is 0.576. The molecule has 2 rings (SSSR count). The summed E-state index contributed by atoms with van der Waals surface area (Å²) in [5, 5.41) is 9.01. The molecule has 110 valence electrons. The van der Waals surface area contributed by atoms with E-state index < -0.39 is 10.0 Å². The molecule has 6 nitrogen and oxygen atoms in total. The predicted octanol–water partition coefficient (Wildman–Crippen LogP) is 0.685. The molecule has 0 fully saturated rings. The third-order valence-corrected chi connectivity index (χ3v) is 5.11.